The Morgan fingerprint density at radius 1 is 0.769 bits per heavy atom. The van der Waals surface area contributed by atoms with E-state index in [1.54, 1.807) is 27.7 Å². The van der Waals surface area contributed by atoms with Crippen LogP contribution in [0.5, 0.6) is 0 Å². The second-order valence-corrected chi connectivity index (χ2v) is 21.0. The lowest BCUT2D eigenvalue weighted by atomic mass is 9.92. The molecule has 0 spiro atoms. The summed E-state index contributed by atoms with van der Waals surface area (Å²) in [4.78, 5) is 38.5. The molecule has 1 fully saturated rings. The Kier molecular flexibility index (Phi) is 14.3. The van der Waals surface area contributed by atoms with Gasteiger partial charge < -0.3 is 28.4 Å². The van der Waals surface area contributed by atoms with Gasteiger partial charge in [0.05, 0.1) is 24.2 Å². The van der Waals surface area contributed by atoms with E-state index in [1.807, 2.05) is 0 Å². The highest BCUT2D eigenvalue weighted by molar-refractivity contribution is 6.74. The number of esters is 2. The van der Waals surface area contributed by atoms with E-state index in [4.69, 9.17) is 23.1 Å². The van der Waals surface area contributed by atoms with Gasteiger partial charge in [-0.3, -0.25) is 9.59 Å². The van der Waals surface area contributed by atoms with E-state index < -0.39 is 58.5 Å². The molecule has 0 aromatic carbocycles. The minimum absolute atomic E-state index is 0.0934. The van der Waals surface area contributed by atoms with Gasteiger partial charge >= 0.3 is 11.9 Å². The third kappa shape index (κ3) is 9.38. The summed E-state index contributed by atoms with van der Waals surface area (Å²) in [5.41, 5.74) is -0.705. The molecule has 0 aromatic heterocycles. The third-order valence-corrected chi connectivity index (χ3v) is 17.5. The molecule has 3 unspecified atom stereocenters. The number of carbonyl (C=O) groups is 3. The average Bonchev–Trinajstić information content (AvgIpc) is 2.90. The van der Waals surface area contributed by atoms with Crippen molar-refractivity contribution in [2.45, 2.75) is 143 Å². The van der Waals surface area contributed by atoms with Gasteiger partial charge in [-0.15, -0.1) is 0 Å². The van der Waals surface area contributed by atoms with Gasteiger partial charge in [-0.1, -0.05) is 41.5 Å². The molecule has 1 saturated heterocycles. The monoisotopic (exact) mass is 589 g/mol. The zero-order valence-corrected chi connectivity index (χ0v) is 28.3. The number of hydrogen-bond donors (Lipinski definition) is 1. The van der Waals surface area contributed by atoms with Crippen LogP contribution in [0.3, 0.4) is 0 Å². The Bertz CT molecular complexity index is 778. The van der Waals surface area contributed by atoms with Crippen LogP contribution < -0.4 is 5.32 Å². The molecular formula is C28H55NO8Si2. The lowest BCUT2D eigenvalue weighted by molar-refractivity contribution is -0.208. The summed E-state index contributed by atoms with van der Waals surface area (Å²) in [5, 5.41) is 2.96. The highest BCUT2D eigenvalue weighted by atomic mass is 28.4. The molecule has 0 saturated carbocycles. The average molecular weight is 590 g/mol. The fourth-order valence-corrected chi connectivity index (χ4v) is 10.8. The Balaban J connectivity index is 3.78. The molecule has 11 heteroatoms. The van der Waals surface area contributed by atoms with Crippen LogP contribution in [-0.2, 0) is 37.4 Å². The van der Waals surface area contributed by atoms with Crippen LogP contribution in [0.1, 0.15) is 76.2 Å². The molecule has 0 bridgehead atoms. The topological polar surface area (TPSA) is 109 Å². The Hall–Kier alpha value is -1.28. The van der Waals surface area contributed by atoms with Crippen molar-refractivity contribution < 1.29 is 37.4 Å². The maximum Gasteiger partial charge on any atom is 0.337 e. The van der Waals surface area contributed by atoms with E-state index in [9.17, 15) is 14.4 Å². The van der Waals surface area contributed by atoms with Crippen molar-refractivity contribution in [3.05, 3.63) is 0 Å². The first kappa shape index (κ1) is 35.8. The van der Waals surface area contributed by atoms with Crippen LogP contribution in [0.15, 0.2) is 0 Å². The summed E-state index contributed by atoms with van der Waals surface area (Å²) in [6.45, 7) is 21.4. The molecule has 228 valence electrons. The largest absolute Gasteiger partial charge is 0.464 e. The standard InChI is InChI=1S/C28H55NO8Si2/c1-12-33-26(31)25-22(29-20(8)30)24(37-39(16-5,17-6)18-7)23(36-38(13-2,14-3)15-4)21(35-25)19-34-27(32)28(9,10)11/h21-25H,12-19H2,1-11H3,(H,29,30)/t21?,22?,23-,24-,25?/m1/s1. The fraction of sp³-hybridized carbons (Fsp3) is 0.893. The summed E-state index contributed by atoms with van der Waals surface area (Å²) in [6.07, 6.45) is -3.20. The maximum absolute atomic E-state index is 13.2. The fourth-order valence-electron chi connectivity index (χ4n) is 5.13. The number of hydrogen-bond acceptors (Lipinski definition) is 8. The highest BCUT2D eigenvalue weighted by Gasteiger charge is 2.55. The van der Waals surface area contributed by atoms with E-state index in [0.29, 0.717) is 0 Å². The smallest absolute Gasteiger partial charge is 0.337 e. The van der Waals surface area contributed by atoms with Gasteiger partial charge in [-0.05, 0) is 64.0 Å². The van der Waals surface area contributed by atoms with Crippen LogP contribution in [0.2, 0.25) is 36.3 Å². The second kappa shape index (κ2) is 15.6. The third-order valence-electron chi connectivity index (χ3n) is 8.21. The van der Waals surface area contributed by atoms with Gasteiger partial charge in [-0.2, -0.15) is 0 Å². The zero-order valence-electron chi connectivity index (χ0n) is 26.3. The number of ether oxygens (including phenoxy) is 3. The predicted octanol–water partition coefficient (Wildman–Crippen LogP) is 5.19. The molecule has 0 radical (unpaired) electrons. The zero-order chi connectivity index (χ0) is 30.0. The van der Waals surface area contributed by atoms with Crippen LogP contribution in [-0.4, -0.2) is 78.2 Å². The maximum atomic E-state index is 13.2. The van der Waals surface area contributed by atoms with Gasteiger partial charge in [0, 0.05) is 6.92 Å². The van der Waals surface area contributed by atoms with Crippen LogP contribution in [0.25, 0.3) is 0 Å². The van der Waals surface area contributed by atoms with Crippen LogP contribution >= 0.6 is 0 Å². The Morgan fingerprint density at radius 3 is 1.62 bits per heavy atom. The summed E-state index contributed by atoms with van der Waals surface area (Å²) in [6, 6.07) is 4.49. The van der Waals surface area contributed by atoms with Crippen molar-refractivity contribution >= 4 is 34.5 Å². The quantitative estimate of drug-likeness (QED) is 0.205. The predicted molar refractivity (Wildman–Crippen MR) is 157 cm³/mol. The SMILES string of the molecule is CCOC(=O)C1OC(COC(=O)C(C)(C)C)[C@@H](O[Si](CC)(CC)CC)[C@H](O[Si](CC)(CC)CC)C1NC(C)=O. The molecule has 0 aromatic rings. The van der Waals surface area contributed by atoms with Gasteiger partial charge in [0.15, 0.2) is 22.7 Å². The summed E-state index contributed by atoms with van der Waals surface area (Å²) in [7, 11) is -4.50. The van der Waals surface area contributed by atoms with Crippen molar-refractivity contribution in [2.24, 2.45) is 5.41 Å². The number of carbonyl (C=O) groups excluding carboxylic acids is 3. The van der Waals surface area contributed by atoms with E-state index in [0.717, 1.165) is 36.3 Å². The number of amides is 1. The van der Waals surface area contributed by atoms with Crippen LogP contribution in [0, 0.1) is 5.41 Å². The molecule has 1 rings (SSSR count). The molecule has 0 aliphatic carbocycles. The molecule has 1 heterocycles. The van der Waals surface area contributed by atoms with Crippen LogP contribution in [0.4, 0.5) is 0 Å². The molecule has 5 atom stereocenters. The minimum Gasteiger partial charge on any atom is -0.464 e. The van der Waals surface area contributed by atoms with Gasteiger partial charge in [-0.25, -0.2) is 4.79 Å². The van der Waals surface area contributed by atoms with Crippen molar-refractivity contribution in [3.8, 4) is 0 Å². The molecule has 39 heavy (non-hydrogen) atoms. The first-order chi connectivity index (χ1) is 18.2. The molecule has 1 aliphatic rings. The van der Waals surface area contributed by atoms with E-state index in [2.05, 4.69) is 46.9 Å². The van der Waals surface area contributed by atoms with Crippen molar-refractivity contribution in [3.63, 3.8) is 0 Å². The van der Waals surface area contributed by atoms with Crippen molar-refractivity contribution in [1.82, 2.24) is 5.32 Å². The molecule has 1 amide bonds. The Morgan fingerprint density at radius 2 is 1.23 bits per heavy atom. The molecule has 1 aliphatic heterocycles. The number of rotatable bonds is 15. The summed E-state index contributed by atoms with van der Waals surface area (Å²) < 4.78 is 31.7. The summed E-state index contributed by atoms with van der Waals surface area (Å²) in [5.74, 6) is -1.26. The van der Waals surface area contributed by atoms with Gasteiger partial charge in [0.25, 0.3) is 0 Å². The minimum atomic E-state index is -2.26. The lowest BCUT2D eigenvalue weighted by Gasteiger charge is -2.50. The van der Waals surface area contributed by atoms with Crippen molar-refractivity contribution in [2.75, 3.05) is 13.2 Å². The van der Waals surface area contributed by atoms with E-state index >= 15 is 0 Å². The molecule has 1 N–H and O–H groups in total. The first-order valence-corrected chi connectivity index (χ1v) is 19.9. The van der Waals surface area contributed by atoms with Gasteiger partial charge in [0.2, 0.25) is 5.91 Å². The van der Waals surface area contributed by atoms with Crippen molar-refractivity contribution in [1.29, 1.82) is 0 Å². The highest BCUT2D eigenvalue weighted by Crippen LogP contribution is 2.36. The second-order valence-electron chi connectivity index (χ2n) is 11.6. The first-order valence-electron chi connectivity index (χ1n) is 14.8. The summed E-state index contributed by atoms with van der Waals surface area (Å²) >= 11 is 0. The van der Waals surface area contributed by atoms with E-state index in [-0.39, 0.29) is 25.1 Å². The van der Waals surface area contributed by atoms with E-state index in [1.165, 1.54) is 6.92 Å². The normalized spacial score (nSPS) is 24.2. The lowest BCUT2D eigenvalue weighted by Crippen LogP contribution is -2.70. The Labute approximate surface area is 238 Å². The molecule has 9 nitrogen and oxygen atoms in total. The molecular weight excluding hydrogens is 534 g/mol. The number of nitrogens with one attached hydrogen (secondary N) is 1. The van der Waals surface area contributed by atoms with Gasteiger partial charge in [0.1, 0.15) is 18.8 Å².